The third kappa shape index (κ3) is 3.44. The molecule has 0 fully saturated rings. The van der Waals surface area contributed by atoms with Gasteiger partial charge in [0.2, 0.25) is 0 Å². The first-order chi connectivity index (χ1) is 10.1. The van der Waals surface area contributed by atoms with E-state index in [1.54, 1.807) is 24.3 Å². The second-order valence-electron chi connectivity index (χ2n) is 5.98. The number of anilines is 1. The topological polar surface area (TPSA) is 46.2 Å². The zero-order valence-electron chi connectivity index (χ0n) is 12.5. The molecule has 0 radical (unpaired) electrons. The summed E-state index contributed by atoms with van der Waals surface area (Å²) in [6.45, 7) is 5.83. The fourth-order valence-electron chi connectivity index (χ4n) is 2.12. The monoisotopic (exact) mass is 325 g/mol. The van der Waals surface area contributed by atoms with Gasteiger partial charge in [-0.05, 0) is 29.2 Å². The van der Waals surface area contributed by atoms with E-state index in [0.29, 0.717) is 11.8 Å². The van der Waals surface area contributed by atoms with Gasteiger partial charge in [-0.2, -0.15) is 0 Å². The molecule has 0 heterocycles. The Morgan fingerprint density at radius 3 is 2.23 bits per heavy atom. The molecule has 22 heavy (non-hydrogen) atoms. The lowest BCUT2D eigenvalue weighted by atomic mass is 9.86. The third-order valence-corrected chi connectivity index (χ3v) is 4.56. The molecule has 0 aliphatic heterocycles. The number of para-hydroxylation sites is 1. The highest BCUT2D eigenvalue weighted by Crippen LogP contribution is 2.31. The summed E-state index contributed by atoms with van der Waals surface area (Å²) in [5, 5.41) is 0. The highest BCUT2D eigenvalue weighted by Gasteiger charge is 2.23. The van der Waals surface area contributed by atoms with Crippen LogP contribution in [-0.2, 0) is 15.4 Å². The van der Waals surface area contributed by atoms with Crippen molar-refractivity contribution in [2.75, 3.05) is 4.72 Å². The lowest BCUT2D eigenvalue weighted by Gasteiger charge is -2.23. The van der Waals surface area contributed by atoms with Gasteiger partial charge in [0, 0.05) is 6.07 Å². The molecular formula is C16H17F2NO2S. The first kappa shape index (κ1) is 16.4. The molecule has 0 amide bonds. The molecule has 0 bridgehead atoms. The Labute approximate surface area is 129 Å². The summed E-state index contributed by atoms with van der Waals surface area (Å²) in [7, 11) is -4.14. The number of hydrogen-bond donors (Lipinski definition) is 1. The summed E-state index contributed by atoms with van der Waals surface area (Å²) in [5.74, 6) is -1.95. The minimum absolute atomic E-state index is 0.291. The SMILES string of the molecule is CC(C)(C)c1ccccc1NS(=O)(=O)c1ccc(F)cc1F. The summed E-state index contributed by atoms with van der Waals surface area (Å²) < 4.78 is 53.7. The van der Waals surface area contributed by atoms with E-state index in [9.17, 15) is 17.2 Å². The van der Waals surface area contributed by atoms with Crippen LogP contribution in [-0.4, -0.2) is 8.42 Å². The second-order valence-corrected chi connectivity index (χ2v) is 7.63. The van der Waals surface area contributed by atoms with Gasteiger partial charge in [0.1, 0.15) is 16.5 Å². The molecule has 6 heteroatoms. The average molecular weight is 325 g/mol. The van der Waals surface area contributed by atoms with Crippen molar-refractivity contribution in [1.29, 1.82) is 0 Å². The predicted octanol–water partition coefficient (Wildman–Crippen LogP) is 4.06. The van der Waals surface area contributed by atoms with Crippen LogP contribution in [0.1, 0.15) is 26.3 Å². The predicted molar refractivity (Wildman–Crippen MR) is 82.3 cm³/mol. The van der Waals surface area contributed by atoms with Gasteiger partial charge in [0.25, 0.3) is 10.0 Å². The Morgan fingerprint density at radius 2 is 1.64 bits per heavy atom. The van der Waals surface area contributed by atoms with E-state index >= 15 is 0 Å². The summed E-state index contributed by atoms with van der Waals surface area (Å²) in [6, 6.07) is 9.27. The summed E-state index contributed by atoms with van der Waals surface area (Å²) in [5.41, 5.74) is 0.861. The maximum absolute atomic E-state index is 13.7. The Kier molecular flexibility index (Phi) is 4.24. The largest absolute Gasteiger partial charge is 0.279 e. The minimum Gasteiger partial charge on any atom is -0.279 e. The maximum Gasteiger partial charge on any atom is 0.264 e. The van der Waals surface area contributed by atoms with Crippen molar-refractivity contribution in [2.24, 2.45) is 0 Å². The van der Waals surface area contributed by atoms with Crippen LogP contribution in [0.25, 0.3) is 0 Å². The molecule has 1 N–H and O–H groups in total. The van der Waals surface area contributed by atoms with E-state index in [1.807, 2.05) is 20.8 Å². The number of hydrogen-bond acceptors (Lipinski definition) is 2. The van der Waals surface area contributed by atoms with E-state index < -0.39 is 26.6 Å². The summed E-state index contributed by atoms with van der Waals surface area (Å²) in [4.78, 5) is -0.586. The van der Waals surface area contributed by atoms with Crippen molar-refractivity contribution in [3.63, 3.8) is 0 Å². The Balaban J connectivity index is 2.46. The first-order valence-corrected chi connectivity index (χ1v) is 8.17. The molecular weight excluding hydrogens is 308 g/mol. The van der Waals surface area contributed by atoms with Gasteiger partial charge in [-0.15, -0.1) is 0 Å². The van der Waals surface area contributed by atoms with Gasteiger partial charge in [0.05, 0.1) is 5.69 Å². The summed E-state index contributed by atoms with van der Waals surface area (Å²) >= 11 is 0. The third-order valence-electron chi connectivity index (χ3n) is 3.16. The van der Waals surface area contributed by atoms with E-state index in [0.717, 1.165) is 17.7 Å². The zero-order chi connectivity index (χ0) is 16.5. The number of halogens is 2. The highest BCUT2D eigenvalue weighted by atomic mass is 32.2. The van der Waals surface area contributed by atoms with Gasteiger partial charge < -0.3 is 0 Å². The van der Waals surface area contributed by atoms with Crippen LogP contribution >= 0.6 is 0 Å². The Hall–Kier alpha value is -1.95. The van der Waals surface area contributed by atoms with Crippen LogP contribution in [0.5, 0.6) is 0 Å². The lowest BCUT2D eigenvalue weighted by Crippen LogP contribution is -2.19. The van der Waals surface area contributed by atoms with Gasteiger partial charge >= 0.3 is 0 Å². The van der Waals surface area contributed by atoms with Crippen LogP contribution in [0.2, 0.25) is 0 Å². The van der Waals surface area contributed by atoms with Crippen molar-refractivity contribution in [1.82, 2.24) is 0 Å². The molecule has 2 aromatic carbocycles. The highest BCUT2D eigenvalue weighted by molar-refractivity contribution is 7.92. The van der Waals surface area contributed by atoms with Gasteiger partial charge in [-0.25, -0.2) is 17.2 Å². The molecule has 2 aromatic rings. The molecule has 0 saturated carbocycles. The normalized spacial score (nSPS) is 12.2. The molecule has 0 unspecified atom stereocenters. The lowest BCUT2D eigenvalue weighted by molar-refractivity contribution is 0.551. The van der Waals surface area contributed by atoms with Crippen LogP contribution in [0.15, 0.2) is 47.4 Å². The molecule has 118 valence electrons. The van der Waals surface area contributed by atoms with Crippen LogP contribution in [0.4, 0.5) is 14.5 Å². The number of benzene rings is 2. The van der Waals surface area contributed by atoms with Gasteiger partial charge in [-0.1, -0.05) is 39.0 Å². The van der Waals surface area contributed by atoms with Crippen molar-refractivity contribution >= 4 is 15.7 Å². The fourth-order valence-corrected chi connectivity index (χ4v) is 3.26. The van der Waals surface area contributed by atoms with E-state index in [4.69, 9.17) is 0 Å². The zero-order valence-corrected chi connectivity index (χ0v) is 13.3. The molecule has 0 aliphatic rings. The summed E-state index contributed by atoms with van der Waals surface area (Å²) in [6.07, 6.45) is 0. The van der Waals surface area contributed by atoms with Crippen molar-refractivity contribution in [3.8, 4) is 0 Å². The quantitative estimate of drug-likeness (QED) is 0.925. The molecule has 0 atom stereocenters. The van der Waals surface area contributed by atoms with E-state index in [1.165, 1.54) is 0 Å². The van der Waals surface area contributed by atoms with Crippen LogP contribution in [0.3, 0.4) is 0 Å². The molecule has 0 spiro atoms. The Bertz CT molecular complexity index is 796. The molecule has 0 aliphatic carbocycles. The smallest absolute Gasteiger partial charge is 0.264 e. The van der Waals surface area contributed by atoms with Crippen LogP contribution in [0, 0.1) is 11.6 Å². The minimum atomic E-state index is -4.14. The van der Waals surface area contributed by atoms with E-state index in [2.05, 4.69) is 4.72 Å². The van der Waals surface area contributed by atoms with Crippen molar-refractivity contribution < 1.29 is 17.2 Å². The maximum atomic E-state index is 13.7. The number of rotatable bonds is 3. The van der Waals surface area contributed by atoms with E-state index in [-0.39, 0.29) is 5.41 Å². The molecule has 0 aromatic heterocycles. The number of sulfonamides is 1. The van der Waals surface area contributed by atoms with Gasteiger partial charge in [-0.3, -0.25) is 4.72 Å². The van der Waals surface area contributed by atoms with Crippen LogP contribution < -0.4 is 4.72 Å². The Morgan fingerprint density at radius 1 is 1.00 bits per heavy atom. The molecule has 0 saturated heterocycles. The standard InChI is InChI=1S/C16H17F2NO2S/c1-16(2,3)12-6-4-5-7-14(12)19-22(20,21)15-9-8-11(17)10-13(15)18/h4-10,19H,1-3H3. The second kappa shape index (κ2) is 5.68. The first-order valence-electron chi connectivity index (χ1n) is 6.68. The average Bonchev–Trinajstić information content (AvgIpc) is 2.36. The van der Waals surface area contributed by atoms with Crippen molar-refractivity contribution in [2.45, 2.75) is 31.1 Å². The fraction of sp³-hybridized carbons (Fsp3) is 0.250. The number of nitrogens with one attached hydrogen (secondary N) is 1. The molecule has 2 rings (SSSR count). The van der Waals surface area contributed by atoms with Gasteiger partial charge in [0.15, 0.2) is 0 Å². The van der Waals surface area contributed by atoms with Crippen molar-refractivity contribution in [3.05, 3.63) is 59.7 Å². The molecule has 3 nitrogen and oxygen atoms in total.